The number of nitrogens with zero attached hydrogens (tertiary/aromatic N) is 6. The van der Waals surface area contributed by atoms with Crippen molar-refractivity contribution in [2.24, 2.45) is 5.73 Å². The molecule has 2 aliphatic heterocycles. The van der Waals surface area contributed by atoms with E-state index in [0.29, 0.717) is 25.5 Å². The van der Waals surface area contributed by atoms with Crippen LogP contribution in [0.4, 0.5) is 33.6 Å². The number of hydrogen-bond donors (Lipinski definition) is 2. The highest BCUT2D eigenvalue weighted by molar-refractivity contribution is 6.01. The van der Waals surface area contributed by atoms with Gasteiger partial charge in [0.2, 0.25) is 0 Å². The molecule has 9 nitrogen and oxygen atoms in total. The van der Waals surface area contributed by atoms with Crippen molar-refractivity contribution in [2.45, 2.75) is 37.7 Å². The molecular formula is C25H27F5N8O. The van der Waals surface area contributed by atoms with E-state index < -0.39 is 35.6 Å². The van der Waals surface area contributed by atoms with Crippen molar-refractivity contribution in [1.82, 2.24) is 24.4 Å². The molecule has 4 heterocycles. The predicted molar refractivity (Wildman–Crippen MR) is 133 cm³/mol. The largest absolute Gasteiger partial charge is 0.419 e. The van der Waals surface area contributed by atoms with Crippen molar-refractivity contribution in [3.8, 4) is 11.3 Å². The van der Waals surface area contributed by atoms with Gasteiger partial charge in [0.25, 0.3) is 5.91 Å². The number of carbonyl (C=O) groups excluding carboxylic acids is 1. The number of rotatable bonds is 7. The Morgan fingerprint density at radius 3 is 2.54 bits per heavy atom. The molecule has 2 unspecified atom stereocenters. The molecule has 1 aromatic carbocycles. The summed E-state index contributed by atoms with van der Waals surface area (Å²) in [6.45, 7) is 3.20. The fourth-order valence-electron chi connectivity index (χ4n) is 5.05. The summed E-state index contributed by atoms with van der Waals surface area (Å²) in [5.41, 5.74) is 10.1. The third-order valence-corrected chi connectivity index (χ3v) is 7.26. The molecule has 39 heavy (non-hydrogen) atoms. The number of carbonyl (C=O) groups is 1. The van der Waals surface area contributed by atoms with Crippen LogP contribution >= 0.6 is 0 Å². The lowest BCUT2D eigenvalue weighted by atomic mass is 9.93. The van der Waals surface area contributed by atoms with E-state index in [1.54, 1.807) is 15.7 Å². The summed E-state index contributed by atoms with van der Waals surface area (Å²) in [6, 6.07) is 2.72. The molecule has 5 rings (SSSR count). The highest BCUT2D eigenvalue weighted by atomic mass is 19.4. The summed E-state index contributed by atoms with van der Waals surface area (Å²) in [5, 5.41) is 0. The number of primary amides is 1. The Morgan fingerprint density at radius 2 is 1.90 bits per heavy atom. The summed E-state index contributed by atoms with van der Waals surface area (Å²) < 4.78 is 71.4. The molecule has 4 N–H and O–H groups in total. The van der Waals surface area contributed by atoms with Crippen molar-refractivity contribution < 1.29 is 26.7 Å². The average Bonchev–Trinajstić information content (AvgIpc) is 3.26. The number of hydrogen-bond acceptors (Lipinski definition) is 7. The molecule has 0 aliphatic carbocycles. The van der Waals surface area contributed by atoms with Gasteiger partial charge in [0.15, 0.2) is 0 Å². The van der Waals surface area contributed by atoms with Gasteiger partial charge < -0.3 is 25.8 Å². The van der Waals surface area contributed by atoms with E-state index in [0.717, 1.165) is 31.6 Å². The zero-order valence-electron chi connectivity index (χ0n) is 20.8. The van der Waals surface area contributed by atoms with Crippen molar-refractivity contribution >= 4 is 17.5 Å². The number of anilines is 2. The molecule has 0 saturated carbocycles. The number of imidazole rings is 1. The van der Waals surface area contributed by atoms with Gasteiger partial charge in [0.1, 0.15) is 41.3 Å². The summed E-state index contributed by atoms with van der Waals surface area (Å²) in [5.74, 6) is -2.44. The van der Waals surface area contributed by atoms with E-state index >= 15 is 4.39 Å². The number of benzene rings is 1. The van der Waals surface area contributed by atoms with Crippen LogP contribution in [0.3, 0.4) is 0 Å². The summed E-state index contributed by atoms with van der Waals surface area (Å²) in [4.78, 5) is 28.2. The standard InChI is InChI=1S/C25H27F5N8O/c26-17-3-2-14(10-16(17)25(28,29)30)19-12-38(9-8-36-5-1-6-36)23(35-19)15-4-7-37(11-18(15)27)24-20(22(32)39)21(31)33-13-34-24/h2-3,10,12-13,15,18H,1,4-9,11H2,(H2,32,39)(H2,31,33,34). The van der Waals surface area contributed by atoms with Crippen molar-refractivity contribution in [1.29, 1.82) is 0 Å². The van der Waals surface area contributed by atoms with Gasteiger partial charge in [-0.15, -0.1) is 0 Å². The summed E-state index contributed by atoms with van der Waals surface area (Å²) >= 11 is 0. The second-order valence-corrected chi connectivity index (χ2v) is 9.74. The zero-order chi connectivity index (χ0) is 27.9. The van der Waals surface area contributed by atoms with E-state index in [1.165, 1.54) is 12.4 Å². The lowest BCUT2D eigenvalue weighted by Gasteiger charge is -2.36. The normalized spacial score (nSPS) is 20.2. The number of amides is 1. The number of nitrogens with two attached hydrogens (primary N) is 2. The van der Waals surface area contributed by atoms with Gasteiger partial charge >= 0.3 is 6.18 Å². The van der Waals surface area contributed by atoms with Crippen LogP contribution in [0.1, 0.15) is 40.5 Å². The van der Waals surface area contributed by atoms with Gasteiger partial charge in [0.05, 0.1) is 23.7 Å². The van der Waals surface area contributed by atoms with Gasteiger partial charge in [0, 0.05) is 31.4 Å². The van der Waals surface area contributed by atoms with Gasteiger partial charge in [-0.3, -0.25) is 4.79 Å². The Kier molecular flexibility index (Phi) is 7.14. The van der Waals surface area contributed by atoms with E-state index in [-0.39, 0.29) is 41.4 Å². The first-order valence-corrected chi connectivity index (χ1v) is 12.5. The monoisotopic (exact) mass is 550 g/mol. The number of aromatic nitrogens is 4. The van der Waals surface area contributed by atoms with E-state index in [9.17, 15) is 22.4 Å². The molecular weight excluding hydrogens is 523 g/mol. The summed E-state index contributed by atoms with van der Waals surface area (Å²) in [7, 11) is 0. The number of piperidine rings is 1. The predicted octanol–water partition coefficient (Wildman–Crippen LogP) is 3.22. The molecule has 1 amide bonds. The van der Waals surface area contributed by atoms with Gasteiger partial charge in [-0.2, -0.15) is 13.2 Å². The Morgan fingerprint density at radius 1 is 1.13 bits per heavy atom. The number of likely N-dealkylation sites (tertiary alicyclic amines) is 1. The molecule has 2 atom stereocenters. The second-order valence-electron chi connectivity index (χ2n) is 9.74. The second kappa shape index (κ2) is 10.4. The molecule has 2 aromatic heterocycles. The molecule has 2 saturated heterocycles. The van der Waals surface area contributed by atoms with Crippen LogP contribution in [0, 0.1) is 5.82 Å². The topological polar surface area (TPSA) is 119 Å². The Hall–Kier alpha value is -3.81. The minimum atomic E-state index is -4.87. The fraction of sp³-hybridized carbons (Fsp3) is 0.440. The molecule has 14 heteroatoms. The third-order valence-electron chi connectivity index (χ3n) is 7.26. The Bertz CT molecular complexity index is 1370. The van der Waals surface area contributed by atoms with Crippen LogP contribution in [-0.2, 0) is 12.7 Å². The molecule has 2 fully saturated rings. The van der Waals surface area contributed by atoms with Crippen molar-refractivity contribution in [3.63, 3.8) is 0 Å². The van der Waals surface area contributed by atoms with Crippen LogP contribution in [0.25, 0.3) is 11.3 Å². The van der Waals surface area contributed by atoms with E-state index in [4.69, 9.17) is 11.5 Å². The Labute approximate surface area is 220 Å². The first kappa shape index (κ1) is 26.8. The summed E-state index contributed by atoms with van der Waals surface area (Å²) in [6.07, 6.45) is -2.19. The van der Waals surface area contributed by atoms with E-state index in [2.05, 4.69) is 19.9 Å². The molecule has 0 radical (unpaired) electrons. The van der Waals surface area contributed by atoms with Gasteiger partial charge in [-0.1, -0.05) is 0 Å². The maximum Gasteiger partial charge on any atom is 0.419 e. The quantitative estimate of drug-likeness (QED) is 0.434. The van der Waals surface area contributed by atoms with Crippen molar-refractivity contribution in [3.05, 3.63) is 53.5 Å². The highest BCUT2D eigenvalue weighted by Crippen LogP contribution is 2.37. The first-order chi connectivity index (χ1) is 18.5. The Balaban J connectivity index is 1.45. The minimum Gasteiger partial charge on any atom is -0.383 e. The number of halogens is 5. The lowest BCUT2D eigenvalue weighted by Crippen LogP contribution is -2.43. The zero-order valence-corrected chi connectivity index (χ0v) is 20.8. The molecule has 208 valence electrons. The number of nitrogen functional groups attached to an aromatic ring is 1. The fourth-order valence-corrected chi connectivity index (χ4v) is 5.05. The lowest BCUT2D eigenvalue weighted by molar-refractivity contribution is -0.139. The smallest absolute Gasteiger partial charge is 0.383 e. The molecule has 3 aromatic rings. The van der Waals surface area contributed by atoms with Crippen LogP contribution < -0.4 is 16.4 Å². The minimum absolute atomic E-state index is 0.0849. The molecule has 0 spiro atoms. The SMILES string of the molecule is NC(=O)c1c(N)ncnc1N1CCC(c2nc(-c3ccc(F)c(C(F)(F)F)c3)cn2CCN2CCC2)C(F)C1. The molecule has 2 aliphatic rings. The highest BCUT2D eigenvalue weighted by Gasteiger charge is 2.37. The van der Waals surface area contributed by atoms with Gasteiger partial charge in [-0.25, -0.2) is 23.7 Å². The van der Waals surface area contributed by atoms with Crippen LogP contribution in [-0.4, -0.2) is 69.2 Å². The van der Waals surface area contributed by atoms with E-state index in [1.807, 2.05) is 0 Å². The van der Waals surface area contributed by atoms with Gasteiger partial charge in [-0.05, 0) is 44.1 Å². The third kappa shape index (κ3) is 5.37. The first-order valence-electron chi connectivity index (χ1n) is 12.5. The van der Waals surface area contributed by atoms with Crippen molar-refractivity contribution in [2.75, 3.05) is 43.4 Å². The maximum absolute atomic E-state index is 15.7. The van der Waals surface area contributed by atoms with Crippen LogP contribution in [0.5, 0.6) is 0 Å². The maximum atomic E-state index is 15.7. The number of alkyl halides is 4. The average molecular weight is 551 g/mol. The molecule has 0 bridgehead atoms. The van der Waals surface area contributed by atoms with Crippen LogP contribution in [0.15, 0.2) is 30.7 Å². The van der Waals surface area contributed by atoms with Crippen LogP contribution in [0.2, 0.25) is 0 Å².